The highest BCUT2D eigenvalue weighted by Crippen LogP contribution is 2.50. The zero-order chi connectivity index (χ0) is 15.8. The SMILES string of the molecule is C=C(C)C(C)(C)OC(=O)C1(Cc2cccc(N)c2F)CC1. The van der Waals surface area contributed by atoms with Crippen LogP contribution >= 0.6 is 0 Å². The first-order chi connectivity index (χ1) is 9.68. The standard InChI is InChI=1S/C17H22FNO2/c1-11(2)16(3,4)21-15(20)17(8-9-17)10-12-6-5-7-13(19)14(12)18/h5-7H,1,8-10,19H2,2-4H3. The number of hydrogen-bond donors (Lipinski definition) is 1. The predicted molar refractivity (Wildman–Crippen MR) is 81.2 cm³/mol. The van der Waals surface area contributed by atoms with Crippen LogP contribution in [0.15, 0.2) is 30.4 Å². The highest BCUT2D eigenvalue weighted by atomic mass is 19.1. The summed E-state index contributed by atoms with van der Waals surface area (Å²) < 4.78 is 19.6. The maximum Gasteiger partial charge on any atom is 0.313 e. The van der Waals surface area contributed by atoms with Crippen LogP contribution in [-0.4, -0.2) is 11.6 Å². The maximum absolute atomic E-state index is 14.0. The molecule has 0 bridgehead atoms. The molecule has 21 heavy (non-hydrogen) atoms. The van der Waals surface area contributed by atoms with Crippen LogP contribution in [0.1, 0.15) is 39.2 Å². The molecule has 2 rings (SSSR count). The lowest BCUT2D eigenvalue weighted by Gasteiger charge is -2.28. The summed E-state index contributed by atoms with van der Waals surface area (Å²) in [6.45, 7) is 9.28. The van der Waals surface area contributed by atoms with Gasteiger partial charge in [0.25, 0.3) is 0 Å². The average Bonchev–Trinajstić information content (AvgIpc) is 3.15. The van der Waals surface area contributed by atoms with Crippen molar-refractivity contribution in [2.24, 2.45) is 5.41 Å². The normalized spacial score (nSPS) is 16.4. The number of anilines is 1. The Bertz CT molecular complexity index is 588. The van der Waals surface area contributed by atoms with E-state index in [1.807, 2.05) is 20.8 Å². The van der Waals surface area contributed by atoms with Crippen LogP contribution in [0.25, 0.3) is 0 Å². The first kappa shape index (κ1) is 15.5. The van der Waals surface area contributed by atoms with Gasteiger partial charge in [0, 0.05) is 0 Å². The van der Waals surface area contributed by atoms with Gasteiger partial charge in [-0.3, -0.25) is 4.79 Å². The van der Waals surface area contributed by atoms with E-state index in [-0.39, 0.29) is 11.7 Å². The van der Waals surface area contributed by atoms with Crippen molar-refractivity contribution in [1.82, 2.24) is 0 Å². The molecule has 0 heterocycles. The third-order valence-electron chi connectivity index (χ3n) is 4.30. The topological polar surface area (TPSA) is 52.3 Å². The zero-order valence-corrected chi connectivity index (χ0v) is 12.8. The van der Waals surface area contributed by atoms with Gasteiger partial charge >= 0.3 is 5.97 Å². The summed E-state index contributed by atoms with van der Waals surface area (Å²) in [7, 11) is 0. The van der Waals surface area contributed by atoms with Gasteiger partial charge in [0.15, 0.2) is 0 Å². The molecule has 4 heteroatoms. The van der Waals surface area contributed by atoms with Crippen molar-refractivity contribution >= 4 is 11.7 Å². The van der Waals surface area contributed by atoms with Gasteiger partial charge in [-0.05, 0) is 57.2 Å². The van der Waals surface area contributed by atoms with Crippen molar-refractivity contribution in [2.75, 3.05) is 5.73 Å². The fraction of sp³-hybridized carbons (Fsp3) is 0.471. The Morgan fingerprint density at radius 3 is 2.62 bits per heavy atom. The summed E-state index contributed by atoms with van der Waals surface area (Å²) in [6, 6.07) is 4.89. The van der Waals surface area contributed by atoms with Crippen molar-refractivity contribution in [2.45, 2.75) is 45.6 Å². The molecule has 1 fully saturated rings. The quantitative estimate of drug-likeness (QED) is 0.512. The Hall–Kier alpha value is -1.84. The Labute approximate surface area is 125 Å². The molecular formula is C17H22FNO2. The molecule has 0 atom stereocenters. The van der Waals surface area contributed by atoms with E-state index in [0.717, 1.165) is 5.57 Å². The molecule has 1 aliphatic rings. The molecular weight excluding hydrogens is 269 g/mol. The van der Waals surface area contributed by atoms with E-state index in [2.05, 4.69) is 6.58 Å². The van der Waals surface area contributed by atoms with Crippen molar-refractivity contribution in [3.63, 3.8) is 0 Å². The summed E-state index contributed by atoms with van der Waals surface area (Å²) in [6.07, 6.45) is 1.76. The second kappa shape index (κ2) is 5.17. The number of benzene rings is 1. The van der Waals surface area contributed by atoms with Gasteiger partial charge in [-0.2, -0.15) is 0 Å². The van der Waals surface area contributed by atoms with E-state index in [4.69, 9.17) is 10.5 Å². The van der Waals surface area contributed by atoms with Crippen LogP contribution < -0.4 is 5.73 Å². The number of esters is 1. The Morgan fingerprint density at radius 2 is 2.10 bits per heavy atom. The molecule has 1 aromatic carbocycles. The van der Waals surface area contributed by atoms with Crippen molar-refractivity contribution in [3.8, 4) is 0 Å². The predicted octanol–water partition coefficient (Wildman–Crippen LogP) is 3.63. The molecule has 0 aromatic heterocycles. The number of carbonyl (C=O) groups is 1. The monoisotopic (exact) mass is 291 g/mol. The Kier molecular flexibility index (Phi) is 3.83. The molecule has 1 saturated carbocycles. The first-order valence-electron chi connectivity index (χ1n) is 7.10. The van der Waals surface area contributed by atoms with E-state index in [9.17, 15) is 9.18 Å². The van der Waals surface area contributed by atoms with Crippen LogP contribution in [0, 0.1) is 11.2 Å². The highest BCUT2D eigenvalue weighted by Gasteiger charge is 2.52. The van der Waals surface area contributed by atoms with Gasteiger partial charge in [0.2, 0.25) is 0 Å². The minimum absolute atomic E-state index is 0.110. The number of halogens is 1. The number of nitrogen functional groups attached to an aromatic ring is 1. The summed E-state index contributed by atoms with van der Waals surface area (Å²) in [5.74, 6) is -0.715. The first-order valence-corrected chi connectivity index (χ1v) is 7.10. The largest absolute Gasteiger partial charge is 0.455 e. The number of ether oxygens (including phenoxy) is 1. The van der Waals surface area contributed by atoms with Crippen LogP contribution in [0.3, 0.4) is 0 Å². The molecule has 2 N–H and O–H groups in total. The van der Waals surface area contributed by atoms with Crippen molar-refractivity contribution < 1.29 is 13.9 Å². The fourth-order valence-corrected chi connectivity index (χ4v) is 2.13. The molecule has 1 aliphatic carbocycles. The van der Waals surface area contributed by atoms with Crippen molar-refractivity contribution in [1.29, 1.82) is 0 Å². The van der Waals surface area contributed by atoms with Crippen LogP contribution in [0.2, 0.25) is 0 Å². The minimum Gasteiger partial charge on any atom is -0.455 e. The van der Waals surface area contributed by atoms with Crippen molar-refractivity contribution in [3.05, 3.63) is 41.7 Å². The van der Waals surface area contributed by atoms with E-state index in [1.54, 1.807) is 12.1 Å². The fourth-order valence-electron chi connectivity index (χ4n) is 2.13. The van der Waals surface area contributed by atoms with Gasteiger partial charge in [0.1, 0.15) is 11.4 Å². The van der Waals surface area contributed by atoms with Gasteiger partial charge in [-0.15, -0.1) is 0 Å². The highest BCUT2D eigenvalue weighted by molar-refractivity contribution is 5.81. The Balaban J connectivity index is 2.14. The van der Waals surface area contributed by atoms with E-state index in [1.165, 1.54) is 6.07 Å². The molecule has 0 saturated heterocycles. The minimum atomic E-state index is -0.707. The van der Waals surface area contributed by atoms with Crippen LogP contribution in [-0.2, 0) is 16.0 Å². The summed E-state index contributed by atoms with van der Waals surface area (Å²) in [5.41, 5.74) is 5.62. The average molecular weight is 291 g/mol. The molecule has 0 radical (unpaired) electrons. The molecule has 0 aliphatic heterocycles. The van der Waals surface area contributed by atoms with Crippen LogP contribution in [0.5, 0.6) is 0 Å². The molecule has 0 unspecified atom stereocenters. The zero-order valence-electron chi connectivity index (χ0n) is 12.8. The summed E-state index contributed by atoms with van der Waals surface area (Å²) >= 11 is 0. The lowest BCUT2D eigenvalue weighted by atomic mass is 9.94. The lowest BCUT2D eigenvalue weighted by Crippen LogP contribution is -2.34. The van der Waals surface area contributed by atoms with Gasteiger partial charge < -0.3 is 10.5 Å². The molecule has 1 aromatic rings. The van der Waals surface area contributed by atoms with Crippen LogP contribution in [0.4, 0.5) is 10.1 Å². The summed E-state index contributed by atoms with van der Waals surface area (Å²) in [5, 5.41) is 0. The molecule has 114 valence electrons. The number of rotatable bonds is 5. The lowest BCUT2D eigenvalue weighted by molar-refractivity contribution is -0.160. The van der Waals surface area contributed by atoms with Gasteiger partial charge in [-0.25, -0.2) is 4.39 Å². The van der Waals surface area contributed by atoms with E-state index < -0.39 is 16.8 Å². The maximum atomic E-state index is 14.0. The second-order valence-corrected chi connectivity index (χ2v) is 6.46. The number of carbonyl (C=O) groups excluding carboxylic acids is 1. The van der Waals surface area contributed by atoms with Gasteiger partial charge in [0.05, 0.1) is 11.1 Å². The second-order valence-electron chi connectivity index (χ2n) is 6.46. The molecule has 3 nitrogen and oxygen atoms in total. The Morgan fingerprint density at radius 1 is 1.48 bits per heavy atom. The van der Waals surface area contributed by atoms with Gasteiger partial charge in [-0.1, -0.05) is 18.7 Å². The van der Waals surface area contributed by atoms with E-state index in [0.29, 0.717) is 24.8 Å². The number of hydrogen-bond acceptors (Lipinski definition) is 3. The summed E-state index contributed by atoms with van der Waals surface area (Å²) in [4.78, 5) is 12.4. The third kappa shape index (κ3) is 3.09. The smallest absolute Gasteiger partial charge is 0.313 e. The number of nitrogens with two attached hydrogens (primary N) is 1. The third-order valence-corrected chi connectivity index (χ3v) is 4.30. The molecule has 0 amide bonds. The molecule has 0 spiro atoms. The van der Waals surface area contributed by atoms with E-state index >= 15 is 0 Å².